The first-order valence-electron chi connectivity index (χ1n) is 10.0. The summed E-state index contributed by atoms with van der Waals surface area (Å²) in [6.45, 7) is 4.64. The van der Waals surface area contributed by atoms with Crippen molar-refractivity contribution in [3.8, 4) is 17.2 Å². The molecule has 0 aliphatic rings. The number of para-hydroxylation sites is 4. The Morgan fingerprint density at radius 2 is 1.50 bits per heavy atom. The van der Waals surface area contributed by atoms with Crippen LogP contribution >= 0.6 is 12.2 Å². The summed E-state index contributed by atoms with van der Waals surface area (Å²) in [6, 6.07) is 23.7. The van der Waals surface area contributed by atoms with Crippen molar-refractivity contribution in [1.82, 2.24) is 5.32 Å². The largest absolute Gasteiger partial charge is 0.490 e. The highest BCUT2D eigenvalue weighted by molar-refractivity contribution is 7.80. The molecule has 7 heteroatoms. The van der Waals surface area contributed by atoms with Gasteiger partial charge in [-0.25, -0.2) is 0 Å². The zero-order valence-electron chi connectivity index (χ0n) is 17.5. The van der Waals surface area contributed by atoms with Crippen molar-refractivity contribution in [2.75, 3.05) is 25.1 Å². The van der Waals surface area contributed by atoms with Crippen molar-refractivity contribution in [2.24, 2.45) is 0 Å². The highest BCUT2D eigenvalue weighted by atomic mass is 32.1. The van der Waals surface area contributed by atoms with Crippen LogP contribution in [0.15, 0.2) is 91.5 Å². The first-order chi connectivity index (χ1) is 15.7. The zero-order chi connectivity index (χ0) is 22.6. The second kappa shape index (κ2) is 12.1. The molecule has 3 rings (SSSR count). The molecule has 6 nitrogen and oxygen atoms in total. The SMILES string of the molecule is C=CCOc1ccccc1NC(=S)NC(=O)c1ccccc1OCCOc1ccccc1. The molecule has 0 heterocycles. The third-order valence-corrected chi connectivity index (χ3v) is 4.41. The van der Waals surface area contributed by atoms with E-state index >= 15 is 0 Å². The lowest BCUT2D eigenvalue weighted by atomic mass is 10.2. The van der Waals surface area contributed by atoms with Crippen LogP contribution in [0.4, 0.5) is 5.69 Å². The van der Waals surface area contributed by atoms with Crippen molar-refractivity contribution >= 4 is 28.9 Å². The number of ether oxygens (including phenoxy) is 3. The Kier molecular flexibility index (Phi) is 8.65. The molecule has 0 unspecified atom stereocenters. The number of nitrogens with one attached hydrogen (secondary N) is 2. The number of carbonyl (C=O) groups is 1. The fourth-order valence-electron chi connectivity index (χ4n) is 2.78. The molecule has 32 heavy (non-hydrogen) atoms. The van der Waals surface area contributed by atoms with E-state index in [1.54, 1.807) is 42.5 Å². The predicted octanol–water partition coefficient (Wildman–Crippen LogP) is 4.84. The van der Waals surface area contributed by atoms with Crippen LogP contribution in [0.25, 0.3) is 0 Å². The predicted molar refractivity (Wildman–Crippen MR) is 130 cm³/mol. The molecule has 0 atom stereocenters. The Labute approximate surface area is 192 Å². The summed E-state index contributed by atoms with van der Waals surface area (Å²) in [5, 5.41) is 5.81. The van der Waals surface area contributed by atoms with Crippen LogP contribution in [0.5, 0.6) is 17.2 Å². The lowest BCUT2D eigenvalue weighted by molar-refractivity contribution is 0.0972. The van der Waals surface area contributed by atoms with Crippen LogP contribution in [-0.4, -0.2) is 30.8 Å². The van der Waals surface area contributed by atoms with E-state index in [9.17, 15) is 4.79 Å². The Balaban J connectivity index is 1.56. The number of rotatable bonds is 10. The van der Waals surface area contributed by atoms with Gasteiger partial charge in [0.2, 0.25) is 0 Å². The Bertz CT molecular complexity index is 1060. The lowest BCUT2D eigenvalue weighted by Gasteiger charge is -2.15. The van der Waals surface area contributed by atoms with E-state index in [0.29, 0.717) is 36.0 Å². The molecule has 3 aromatic rings. The van der Waals surface area contributed by atoms with Crippen LogP contribution in [0.3, 0.4) is 0 Å². The number of hydrogen-bond donors (Lipinski definition) is 2. The van der Waals surface area contributed by atoms with Crippen molar-refractivity contribution in [3.05, 3.63) is 97.1 Å². The summed E-state index contributed by atoms with van der Waals surface area (Å²) < 4.78 is 17.0. The molecule has 1 amide bonds. The molecule has 0 aliphatic carbocycles. The van der Waals surface area contributed by atoms with Gasteiger partial charge < -0.3 is 19.5 Å². The van der Waals surface area contributed by atoms with Gasteiger partial charge in [-0.3, -0.25) is 10.1 Å². The van der Waals surface area contributed by atoms with Gasteiger partial charge in [-0.15, -0.1) is 0 Å². The molecule has 2 N–H and O–H groups in total. The van der Waals surface area contributed by atoms with Crippen LogP contribution < -0.4 is 24.8 Å². The number of hydrogen-bond acceptors (Lipinski definition) is 5. The maximum Gasteiger partial charge on any atom is 0.261 e. The minimum Gasteiger partial charge on any atom is -0.490 e. The van der Waals surface area contributed by atoms with Gasteiger partial charge in [0.1, 0.15) is 37.1 Å². The van der Waals surface area contributed by atoms with E-state index in [0.717, 1.165) is 5.75 Å². The maximum absolute atomic E-state index is 12.8. The Hall–Kier alpha value is -3.84. The van der Waals surface area contributed by atoms with Gasteiger partial charge in [-0.05, 0) is 48.6 Å². The first kappa shape index (κ1) is 22.8. The summed E-state index contributed by atoms with van der Waals surface area (Å²) in [7, 11) is 0. The molecule has 0 fully saturated rings. The van der Waals surface area contributed by atoms with Crippen LogP contribution in [0, 0.1) is 0 Å². The van der Waals surface area contributed by atoms with E-state index in [2.05, 4.69) is 17.2 Å². The maximum atomic E-state index is 12.8. The van der Waals surface area contributed by atoms with E-state index < -0.39 is 0 Å². The number of thiocarbonyl (C=S) groups is 1. The molecule has 0 radical (unpaired) electrons. The van der Waals surface area contributed by atoms with Gasteiger partial charge in [0.15, 0.2) is 5.11 Å². The zero-order valence-corrected chi connectivity index (χ0v) is 18.3. The monoisotopic (exact) mass is 448 g/mol. The first-order valence-corrected chi connectivity index (χ1v) is 10.4. The van der Waals surface area contributed by atoms with Crippen LogP contribution in [-0.2, 0) is 0 Å². The summed E-state index contributed by atoms with van der Waals surface area (Å²) in [6.07, 6.45) is 1.65. The number of anilines is 1. The van der Waals surface area contributed by atoms with Crippen LogP contribution in [0.1, 0.15) is 10.4 Å². The third-order valence-electron chi connectivity index (χ3n) is 4.20. The second-order valence-corrected chi connectivity index (χ2v) is 6.92. The molecule has 164 valence electrons. The average Bonchev–Trinajstić information content (AvgIpc) is 2.82. The summed E-state index contributed by atoms with van der Waals surface area (Å²) >= 11 is 5.31. The Morgan fingerprint density at radius 3 is 2.28 bits per heavy atom. The van der Waals surface area contributed by atoms with Gasteiger partial charge in [0, 0.05) is 0 Å². The van der Waals surface area contributed by atoms with Gasteiger partial charge >= 0.3 is 0 Å². The topological polar surface area (TPSA) is 68.8 Å². The van der Waals surface area contributed by atoms with E-state index in [-0.39, 0.29) is 17.6 Å². The minimum absolute atomic E-state index is 0.145. The molecular formula is C25H24N2O4S. The fourth-order valence-corrected chi connectivity index (χ4v) is 2.98. The average molecular weight is 449 g/mol. The fraction of sp³-hybridized carbons (Fsp3) is 0.120. The molecule has 3 aromatic carbocycles. The number of benzene rings is 3. The van der Waals surface area contributed by atoms with Gasteiger partial charge in [0.05, 0.1) is 11.3 Å². The molecule has 0 aromatic heterocycles. The normalized spacial score (nSPS) is 10.0. The smallest absolute Gasteiger partial charge is 0.261 e. The number of carbonyl (C=O) groups excluding carboxylic acids is 1. The Morgan fingerprint density at radius 1 is 0.844 bits per heavy atom. The summed E-state index contributed by atoms with van der Waals surface area (Å²) in [5.41, 5.74) is 1.01. The molecule has 0 bridgehead atoms. The van der Waals surface area contributed by atoms with E-state index in [1.165, 1.54) is 0 Å². The van der Waals surface area contributed by atoms with E-state index in [1.807, 2.05) is 42.5 Å². The lowest BCUT2D eigenvalue weighted by Crippen LogP contribution is -2.34. The summed E-state index contributed by atoms with van der Waals surface area (Å²) in [5.74, 6) is 1.42. The quantitative estimate of drug-likeness (QED) is 0.263. The molecule has 0 saturated heterocycles. The molecule has 0 aliphatic heterocycles. The number of amides is 1. The van der Waals surface area contributed by atoms with Crippen molar-refractivity contribution in [2.45, 2.75) is 0 Å². The van der Waals surface area contributed by atoms with Gasteiger partial charge in [0.25, 0.3) is 5.91 Å². The summed E-state index contributed by atoms with van der Waals surface area (Å²) in [4.78, 5) is 12.8. The third kappa shape index (κ3) is 6.85. The van der Waals surface area contributed by atoms with Crippen LogP contribution in [0.2, 0.25) is 0 Å². The van der Waals surface area contributed by atoms with Crippen molar-refractivity contribution < 1.29 is 19.0 Å². The molecular weight excluding hydrogens is 424 g/mol. The minimum atomic E-state index is -0.383. The van der Waals surface area contributed by atoms with Crippen molar-refractivity contribution in [3.63, 3.8) is 0 Å². The van der Waals surface area contributed by atoms with E-state index in [4.69, 9.17) is 26.4 Å². The standard InChI is InChI=1S/C25H24N2O4S/c1-2-16-30-23-15-9-7-13-21(23)26-25(32)27-24(28)20-12-6-8-14-22(20)31-18-17-29-19-10-4-3-5-11-19/h2-15H,1,16-18H2,(H2,26,27,28,32). The highest BCUT2D eigenvalue weighted by Crippen LogP contribution is 2.24. The van der Waals surface area contributed by atoms with Gasteiger partial charge in [-0.1, -0.05) is 55.1 Å². The molecule has 0 saturated carbocycles. The second-order valence-electron chi connectivity index (χ2n) is 6.51. The van der Waals surface area contributed by atoms with Crippen molar-refractivity contribution in [1.29, 1.82) is 0 Å². The molecule has 0 spiro atoms. The van der Waals surface area contributed by atoms with Gasteiger partial charge in [-0.2, -0.15) is 0 Å². The highest BCUT2D eigenvalue weighted by Gasteiger charge is 2.14.